The Morgan fingerprint density at radius 2 is 1.85 bits per heavy atom. The van der Waals surface area contributed by atoms with E-state index in [1.165, 1.54) is 5.56 Å². The average Bonchev–Trinajstić information content (AvgIpc) is 2.71. The molecule has 1 aliphatic heterocycles. The maximum atomic E-state index is 12.4. The predicted octanol–water partition coefficient (Wildman–Crippen LogP) is 2.83. The van der Waals surface area contributed by atoms with Crippen LogP contribution in [0.4, 0.5) is 5.69 Å². The number of nitrogens with zero attached hydrogens (tertiary/aromatic N) is 2. The van der Waals surface area contributed by atoms with Gasteiger partial charge in [-0.05, 0) is 48.9 Å². The molecule has 1 aliphatic rings. The van der Waals surface area contributed by atoms with Crippen molar-refractivity contribution in [1.29, 1.82) is 0 Å². The number of hydrogen-bond acceptors (Lipinski definition) is 4. The standard InChI is InChI=1S/C21H26ClN3O2/c1-27-20-7-5-17(6-8-20)9-10-23-16-21(26)25-13-11-24(12-14-25)19-4-2-3-18(22)15-19/h2-8,15,23H,9-14,16H2,1H3. The van der Waals surface area contributed by atoms with Crippen molar-refractivity contribution in [3.63, 3.8) is 0 Å². The largest absolute Gasteiger partial charge is 0.497 e. The van der Waals surface area contributed by atoms with Crippen LogP contribution in [-0.2, 0) is 11.2 Å². The van der Waals surface area contributed by atoms with Crippen LogP contribution >= 0.6 is 11.6 Å². The molecule has 1 N–H and O–H groups in total. The zero-order chi connectivity index (χ0) is 19.1. The molecular formula is C21H26ClN3O2. The van der Waals surface area contributed by atoms with Gasteiger partial charge in [0.1, 0.15) is 5.75 Å². The number of halogens is 1. The summed E-state index contributed by atoms with van der Waals surface area (Å²) in [5, 5.41) is 4.00. The lowest BCUT2D eigenvalue weighted by Crippen LogP contribution is -2.51. The summed E-state index contributed by atoms with van der Waals surface area (Å²) in [5.41, 5.74) is 2.35. The van der Waals surface area contributed by atoms with Crippen LogP contribution in [0.3, 0.4) is 0 Å². The molecule has 1 heterocycles. The van der Waals surface area contributed by atoms with Gasteiger partial charge in [0.2, 0.25) is 5.91 Å². The minimum atomic E-state index is 0.162. The van der Waals surface area contributed by atoms with Gasteiger partial charge < -0.3 is 19.9 Å². The third-order valence-corrected chi connectivity index (χ3v) is 5.07. The average molecular weight is 388 g/mol. The minimum absolute atomic E-state index is 0.162. The molecule has 2 aromatic carbocycles. The Labute approximate surface area is 165 Å². The third-order valence-electron chi connectivity index (χ3n) is 4.83. The van der Waals surface area contributed by atoms with E-state index in [4.69, 9.17) is 16.3 Å². The number of ether oxygens (including phenoxy) is 1. The third kappa shape index (κ3) is 5.62. The van der Waals surface area contributed by atoms with E-state index in [9.17, 15) is 4.79 Å². The number of hydrogen-bond donors (Lipinski definition) is 1. The van der Waals surface area contributed by atoms with Gasteiger partial charge in [0, 0.05) is 36.9 Å². The molecule has 27 heavy (non-hydrogen) atoms. The zero-order valence-electron chi connectivity index (χ0n) is 15.7. The second-order valence-electron chi connectivity index (χ2n) is 6.62. The fourth-order valence-electron chi connectivity index (χ4n) is 3.22. The van der Waals surface area contributed by atoms with Gasteiger partial charge in [0.25, 0.3) is 0 Å². The van der Waals surface area contributed by atoms with Crippen LogP contribution < -0.4 is 15.0 Å². The molecule has 0 saturated carbocycles. The molecule has 6 heteroatoms. The highest BCUT2D eigenvalue weighted by molar-refractivity contribution is 6.30. The predicted molar refractivity (Wildman–Crippen MR) is 110 cm³/mol. The zero-order valence-corrected chi connectivity index (χ0v) is 16.4. The lowest BCUT2D eigenvalue weighted by molar-refractivity contribution is -0.130. The second kappa shape index (κ2) is 9.62. The fourth-order valence-corrected chi connectivity index (χ4v) is 3.40. The summed E-state index contributed by atoms with van der Waals surface area (Å²) in [6, 6.07) is 15.9. The van der Waals surface area contributed by atoms with Crippen LogP contribution in [0.5, 0.6) is 5.75 Å². The van der Waals surface area contributed by atoms with Crippen LogP contribution in [0, 0.1) is 0 Å². The summed E-state index contributed by atoms with van der Waals surface area (Å²) in [4.78, 5) is 16.6. The van der Waals surface area contributed by atoms with Crippen LogP contribution in [0.1, 0.15) is 5.56 Å². The molecule has 1 saturated heterocycles. The quantitative estimate of drug-likeness (QED) is 0.742. The van der Waals surface area contributed by atoms with Crippen molar-refractivity contribution < 1.29 is 9.53 Å². The van der Waals surface area contributed by atoms with E-state index in [1.54, 1.807) is 7.11 Å². The van der Waals surface area contributed by atoms with Crippen LogP contribution in [-0.4, -0.2) is 57.2 Å². The molecule has 0 spiro atoms. The number of nitrogens with one attached hydrogen (secondary N) is 1. The first-order valence-corrected chi connectivity index (χ1v) is 9.65. The van der Waals surface area contributed by atoms with Crippen LogP contribution in [0.15, 0.2) is 48.5 Å². The van der Waals surface area contributed by atoms with Gasteiger partial charge in [-0.2, -0.15) is 0 Å². The molecule has 1 fully saturated rings. The fraction of sp³-hybridized carbons (Fsp3) is 0.381. The van der Waals surface area contributed by atoms with Gasteiger partial charge in [-0.1, -0.05) is 29.8 Å². The number of anilines is 1. The molecule has 0 unspecified atom stereocenters. The smallest absolute Gasteiger partial charge is 0.236 e. The molecule has 0 aliphatic carbocycles. The topological polar surface area (TPSA) is 44.8 Å². The van der Waals surface area contributed by atoms with Gasteiger partial charge in [-0.3, -0.25) is 4.79 Å². The van der Waals surface area contributed by atoms with Gasteiger partial charge in [0.05, 0.1) is 13.7 Å². The number of carbonyl (C=O) groups excluding carboxylic acids is 1. The van der Waals surface area contributed by atoms with Crippen molar-refractivity contribution in [2.75, 3.05) is 51.3 Å². The lowest BCUT2D eigenvalue weighted by atomic mass is 10.1. The van der Waals surface area contributed by atoms with Crippen molar-refractivity contribution in [2.24, 2.45) is 0 Å². The summed E-state index contributed by atoms with van der Waals surface area (Å²) in [5.74, 6) is 1.02. The van der Waals surface area contributed by atoms with E-state index < -0.39 is 0 Å². The van der Waals surface area contributed by atoms with E-state index in [2.05, 4.69) is 28.4 Å². The van der Waals surface area contributed by atoms with Gasteiger partial charge in [0.15, 0.2) is 0 Å². The first-order chi connectivity index (χ1) is 13.2. The molecule has 0 radical (unpaired) electrons. The van der Waals surface area contributed by atoms with E-state index in [-0.39, 0.29) is 5.91 Å². The summed E-state index contributed by atoms with van der Waals surface area (Å²) >= 11 is 6.07. The molecule has 0 bridgehead atoms. The van der Waals surface area contributed by atoms with E-state index >= 15 is 0 Å². The number of carbonyl (C=O) groups is 1. The Hall–Kier alpha value is -2.24. The highest BCUT2D eigenvalue weighted by Crippen LogP contribution is 2.20. The Morgan fingerprint density at radius 3 is 2.52 bits per heavy atom. The maximum Gasteiger partial charge on any atom is 0.236 e. The molecule has 0 aromatic heterocycles. The highest BCUT2D eigenvalue weighted by Gasteiger charge is 2.20. The summed E-state index contributed by atoms with van der Waals surface area (Å²) < 4.78 is 5.16. The molecule has 1 amide bonds. The summed E-state index contributed by atoms with van der Waals surface area (Å²) in [6.07, 6.45) is 0.889. The molecule has 0 atom stereocenters. The Morgan fingerprint density at radius 1 is 1.11 bits per heavy atom. The lowest BCUT2D eigenvalue weighted by Gasteiger charge is -2.36. The van der Waals surface area contributed by atoms with Gasteiger partial charge >= 0.3 is 0 Å². The van der Waals surface area contributed by atoms with Gasteiger partial charge in [-0.25, -0.2) is 0 Å². The molecular weight excluding hydrogens is 362 g/mol. The van der Waals surface area contributed by atoms with Crippen LogP contribution in [0.25, 0.3) is 0 Å². The van der Waals surface area contributed by atoms with Crippen molar-refractivity contribution in [3.8, 4) is 5.75 Å². The van der Waals surface area contributed by atoms with Crippen molar-refractivity contribution in [3.05, 3.63) is 59.1 Å². The number of benzene rings is 2. The van der Waals surface area contributed by atoms with Crippen molar-refractivity contribution >= 4 is 23.2 Å². The number of piperazine rings is 1. The number of amides is 1. The van der Waals surface area contributed by atoms with Crippen molar-refractivity contribution in [1.82, 2.24) is 10.2 Å². The van der Waals surface area contributed by atoms with Gasteiger partial charge in [-0.15, -0.1) is 0 Å². The van der Waals surface area contributed by atoms with Crippen molar-refractivity contribution in [2.45, 2.75) is 6.42 Å². The monoisotopic (exact) mass is 387 g/mol. The Kier molecular flexibility index (Phi) is 6.96. The minimum Gasteiger partial charge on any atom is -0.497 e. The normalized spacial score (nSPS) is 14.3. The maximum absolute atomic E-state index is 12.4. The molecule has 2 aromatic rings. The molecule has 5 nitrogen and oxygen atoms in total. The number of methoxy groups -OCH3 is 1. The Bertz CT molecular complexity index is 743. The van der Waals surface area contributed by atoms with E-state index in [1.807, 2.05) is 35.2 Å². The van der Waals surface area contributed by atoms with E-state index in [0.717, 1.165) is 55.6 Å². The molecule has 144 valence electrons. The SMILES string of the molecule is COc1ccc(CCNCC(=O)N2CCN(c3cccc(Cl)c3)CC2)cc1. The summed E-state index contributed by atoms with van der Waals surface area (Å²) in [6.45, 7) is 4.31. The Balaban J connectivity index is 1.36. The first kappa shape index (κ1) is 19.5. The molecule has 3 rings (SSSR count). The highest BCUT2D eigenvalue weighted by atomic mass is 35.5. The van der Waals surface area contributed by atoms with E-state index in [0.29, 0.717) is 6.54 Å². The summed E-state index contributed by atoms with van der Waals surface area (Å²) in [7, 11) is 1.66. The van der Waals surface area contributed by atoms with Crippen LogP contribution in [0.2, 0.25) is 5.02 Å². The second-order valence-corrected chi connectivity index (χ2v) is 7.06. The first-order valence-electron chi connectivity index (χ1n) is 9.27. The number of rotatable bonds is 7.